The molecule has 4 nitrogen and oxygen atoms in total. The van der Waals surface area contributed by atoms with Crippen LogP contribution in [0.2, 0.25) is 0 Å². The van der Waals surface area contributed by atoms with Gasteiger partial charge in [0.25, 0.3) is 5.91 Å². The van der Waals surface area contributed by atoms with Crippen molar-refractivity contribution in [1.29, 1.82) is 0 Å². The largest absolute Gasteiger partial charge is 0.355 e. The van der Waals surface area contributed by atoms with E-state index in [0.717, 1.165) is 17.5 Å². The summed E-state index contributed by atoms with van der Waals surface area (Å²) in [4.78, 5) is 27.6. The third-order valence-electron chi connectivity index (χ3n) is 6.04. The molecule has 0 bridgehead atoms. The number of anilines is 1. The summed E-state index contributed by atoms with van der Waals surface area (Å²) in [5, 5.41) is 2.96. The minimum Gasteiger partial charge on any atom is -0.355 e. The molecule has 0 aromatic heterocycles. The van der Waals surface area contributed by atoms with E-state index in [1.54, 1.807) is 23.1 Å². The van der Waals surface area contributed by atoms with E-state index in [4.69, 9.17) is 0 Å². The standard InChI is InChI=1S/C31H29FN2O2/c1-23-8-5-6-13-29(23)31(36)34(22-26-11-7-12-27(32)20-26)28-16-14-25(15-17-28)21-30(35)33-19-18-24-9-3-2-4-10-24/h2-17,20H,18-19,21-22H2,1H3,(H,33,35). The van der Waals surface area contributed by atoms with Crippen LogP contribution in [-0.4, -0.2) is 18.4 Å². The smallest absolute Gasteiger partial charge is 0.258 e. The first-order valence-electron chi connectivity index (χ1n) is 12.0. The maximum Gasteiger partial charge on any atom is 0.258 e. The molecule has 0 unspecified atom stereocenters. The van der Waals surface area contributed by atoms with Crippen molar-refractivity contribution in [2.75, 3.05) is 11.4 Å². The summed E-state index contributed by atoms with van der Waals surface area (Å²) >= 11 is 0. The Labute approximate surface area is 211 Å². The van der Waals surface area contributed by atoms with Crippen molar-refractivity contribution in [2.45, 2.75) is 26.3 Å². The summed E-state index contributed by atoms with van der Waals surface area (Å²) in [5.41, 5.74) is 4.87. The second-order valence-electron chi connectivity index (χ2n) is 8.76. The first-order valence-corrected chi connectivity index (χ1v) is 12.0. The molecule has 2 amide bonds. The molecule has 0 spiro atoms. The van der Waals surface area contributed by atoms with Gasteiger partial charge in [0.2, 0.25) is 5.91 Å². The molecule has 5 heteroatoms. The molecule has 0 saturated carbocycles. The summed E-state index contributed by atoms with van der Waals surface area (Å²) in [6, 6.07) is 31.1. The van der Waals surface area contributed by atoms with Gasteiger partial charge in [0.05, 0.1) is 13.0 Å². The molecule has 36 heavy (non-hydrogen) atoms. The van der Waals surface area contributed by atoms with Crippen molar-refractivity contribution in [3.05, 3.63) is 137 Å². The molecule has 0 aliphatic heterocycles. The highest BCUT2D eigenvalue weighted by Gasteiger charge is 2.20. The van der Waals surface area contributed by atoms with Gasteiger partial charge in [-0.15, -0.1) is 0 Å². The van der Waals surface area contributed by atoms with Crippen LogP contribution in [0.3, 0.4) is 0 Å². The second kappa shape index (κ2) is 11.9. The number of hydrogen-bond acceptors (Lipinski definition) is 2. The van der Waals surface area contributed by atoms with Crippen LogP contribution in [0.4, 0.5) is 10.1 Å². The van der Waals surface area contributed by atoms with Gasteiger partial charge in [-0.3, -0.25) is 9.59 Å². The molecule has 182 valence electrons. The van der Waals surface area contributed by atoms with Crippen molar-refractivity contribution >= 4 is 17.5 Å². The second-order valence-corrected chi connectivity index (χ2v) is 8.76. The number of amides is 2. The third-order valence-corrected chi connectivity index (χ3v) is 6.04. The van der Waals surface area contributed by atoms with Gasteiger partial charge in [-0.1, -0.05) is 72.8 Å². The fraction of sp³-hybridized carbons (Fsp3) is 0.161. The predicted molar refractivity (Wildman–Crippen MR) is 141 cm³/mol. The predicted octanol–water partition coefficient (Wildman–Crippen LogP) is 5.88. The summed E-state index contributed by atoms with van der Waals surface area (Å²) in [7, 11) is 0. The average Bonchev–Trinajstić information content (AvgIpc) is 2.88. The fourth-order valence-electron chi connectivity index (χ4n) is 4.09. The SMILES string of the molecule is Cc1ccccc1C(=O)N(Cc1cccc(F)c1)c1ccc(CC(=O)NCCc2ccccc2)cc1. The fourth-order valence-corrected chi connectivity index (χ4v) is 4.09. The van der Waals surface area contributed by atoms with Crippen LogP contribution >= 0.6 is 0 Å². The van der Waals surface area contributed by atoms with Crippen LogP contribution in [-0.2, 0) is 24.2 Å². The molecule has 0 heterocycles. The summed E-state index contributed by atoms with van der Waals surface area (Å²) < 4.78 is 13.8. The molecule has 0 radical (unpaired) electrons. The molecule has 4 aromatic rings. The first kappa shape index (κ1) is 24.9. The normalized spacial score (nSPS) is 10.6. The van der Waals surface area contributed by atoms with Crippen LogP contribution in [0.15, 0.2) is 103 Å². The minimum absolute atomic E-state index is 0.0497. The number of carbonyl (C=O) groups is 2. The summed E-state index contributed by atoms with van der Waals surface area (Å²) in [5.74, 6) is -0.556. The maximum atomic E-state index is 13.8. The number of halogens is 1. The molecule has 1 N–H and O–H groups in total. The highest BCUT2D eigenvalue weighted by Crippen LogP contribution is 2.23. The Morgan fingerprint density at radius 1 is 0.778 bits per heavy atom. The Balaban J connectivity index is 1.46. The van der Waals surface area contributed by atoms with Gasteiger partial charge in [0, 0.05) is 17.8 Å². The summed E-state index contributed by atoms with van der Waals surface area (Å²) in [6.45, 7) is 2.70. The van der Waals surface area contributed by atoms with Crippen LogP contribution in [0.1, 0.15) is 32.6 Å². The molecule has 0 aliphatic carbocycles. The van der Waals surface area contributed by atoms with Crippen molar-refractivity contribution in [3.63, 3.8) is 0 Å². The Kier molecular flexibility index (Phi) is 8.24. The average molecular weight is 481 g/mol. The van der Waals surface area contributed by atoms with Gasteiger partial charge < -0.3 is 10.2 Å². The van der Waals surface area contributed by atoms with E-state index in [2.05, 4.69) is 5.32 Å². The monoisotopic (exact) mass is 480 g/mol. The van der Waals surface area contributed by atoms with E-state index in [1.165, 1.54) is 17.7 Å². The number of aryl methyl sites for hydroxylation is 1. The molecule has 0 saturated heterocycles. The Morgan fingerprint density at radius 3 is 2.19 bits per heavy atom. The van der Waals surface area contributed by atoms with Crippen LogP contribution in [0.5, 0.6) is 0 Å². The highest BCUT2D eigenvalue weighted by atomic mass is 19.1. The van der Waals surface area contributed by atoms with E-state index in [0.29, 0.717) is 23.4 Å². The van der Waals surface area contributed by atoms with Gasteiger partial charge in [-0.2, -0.15) is 0 Å². The lowest BCUT2D eigenvalue weighted by atomic mass is 10.1. The molecule has 4 aromatic carbocycles. The Morgan fingerprint density at radius 2 is 1.47 bits per heavy atom. The van der Waals surface area contributed by atoms with Crippen molar-refractivity contribution in [1.82, 2.24) is 5.32 Å². The number of nitrogens with one attached hydrogen (secondary N) is 1. The van der Waals surface area contributed by atoms with E-state index >= 15 is 0 Å². The van der Waals surface area contributed by atoms with Gasteiger partial charge in [-0.25, -0.2) is 4.39 Å². The number of rotatable bonds is 9. The quantitative estimate of drug-likeness (QED) is 0.325. The lowest BCUT2D eigenvalue weighted by molar-refractivity contribution is -0.120. The van der Waals surface area contributed by atoms with Crippen molar-refractivity contribution in [3.8, 4) is 0 Å². The van der Waals surface area contributed by atoms with Gasteiger partial charge in [0.15, 0.2) is 0 Å². The minimum atomic E-state index is -0.343. The van der Waals surface area contributed by atoms with Crippen LogP contribution < -0.4 is 10.2 Å². The zero-order valence-electron chi connectivity index (χ0n) is 20.3. The van der Waals surface area contributed by atoms with Crippen molar-refractivity contribution < 1.29 is 14.0 Å². The topological polar surface area (TPSA) is 49.4 Å². The number of hydrogen-bond donors (Lipinski definition) is 1. The maximum absolute atomic E-state index is 13.8. The van der Waals surface area contributed by atoms with Gasteiger partial charge in [0.1, 0.15) is 5.82 Å². The van der Waals surface area contributed by atoms with Gasteiger partial charge in [-0.05, 0) is 65.9 Å². The van der Waals surface area contributed by atoms with Gasteiger partial charge >= 0.3 is 0 Å². The lowest BCUT2D eigenvalue weighted by Crippen LogP contribution is -2.31. The molecular weight excluding hydrogens is 451 g/mol. The number of nitrogens with zero attached hydrogens (tertiary/aromatic N) is 1. The Hall–Kier alpha value is -4.25. The van der Waals surface area contributed by atoms with E-state index in [9.17, 15) is 14.0 Å². The third kappa shape index (κ3) is 6.66. The molecular formula is C31H29FN2O2. The van der Waals surface area contributed by atoms with Crippen molar-refractivity contribution in [2.24, 2.45) is 0 Å². The molecule has 4 rings (SSSR count). The first-order chi connectivity index (χ1) is 17.5. The summed E-state index contributed by atoms with van der Waals surface area (Å²) in [6.07, 6.45) is 1.03. The van der Waals surface area contributed by atoms with Crippen LogP contribution in [0.25, 0.3) is 0 Å². The zero-order valence-corrected chi connectivity index (χ0v) is 20.3. The lowest BCUT2D eigenvalue weighted by Gasteiger charge is -2.24. The van der Waals surface area contributed by atoms with E-state index < -0.39 is 0 Å². The zero-order chi connectivity index (χ0) is 25.3. The number of benzene rings is 4. The molecule has 0 aliphatic rings. The van der Waals surface area contributed by atoms with E-state index in [1.807, 2.05) is 79.7 Å². The van der Waals surface area contributed by atoms with E-state index in [-0.39, 0.29) is 30.6 Å². The Bertz CT molecular complexity index is 1320. The molecule has 0 atom stereocenters. The molecule has 0 fully saturated rings. The highest BCUT2D eigenvalue weighted by molar-refractivity contribution is 6.07. The van der Waals surface area contributed by atoms with Crippen LogP contribution in [0, 0.1) is 12.7 Å². The number of carbonyl (C=O) groups excluding carboxylic acids is 2.